The summed E-state index contributed by atoms with van der Waals surface area (Å²) in [4.78, 5) is 11.1. The van der Waals surface area contributed by atoms with E-state index in [9.17, 15) is 13.2 Å². The van der Waals surface area contributed by atoms with Crippen molar-refractivity contribution < 1.29 is 13.2 Å². The molecule has 2 N–H and O–H groups in total. The fourth-order valence-electron chi connectivity index (χ4n) is 0.699. The number of carbonyl (C=O) groups is 1. The second-order valence-corrected chi connectivity index (χ2v) is 5.60. The number of hydrogen-bond donors (Lipinski definition) is 2. The Morgan fingerprint density at radius 1 is 1.27 bits per heavy atom. The van der Waals surface area contributed by atoms with E-state index in [-0.39, 0.29) is 18.4 Å². The summed E-state index contributed by atoms with van der Waals surface area (Å²) >= 11 is 0. The third-order valence-corrected chi connectivity index (χ3v) is 3.24. The van der Waals surface area contributed by atoms with E-state index in [1.165, 1.54) is 14.1 Å². The fourth-order valence-corrected chi connectivity index (χ4v) is 1.32. The maximum atomic E-state index is 11.2. The van der Waals surface area contributed by atoms with Gasteiger partial charge in [-0.05, 0) is 0 Å². The zero-order valence-corrected chi connectivity index (χ0v) is 10.4. The van der Waals surface area contributed by atoms with Gasteiger partial charge in [0, 0.05) is 33.1 Å². The highest BCUT2D eigenvalue weighted by atomic mass is 32.2. The van der Waals surface area contributed by atoms with Crippen molar-refractivity contribution in [2.75, 3.05) is 27.2 Å². The molecular weight excluding hydrogens is 218 g/mol. The van der Waals surface area contributed by atoms with Crippen molar-refractivity contribution in [3.8, 4) is 0 Å². The predicted molar refractivity (Wildman–Crippen MR) is 58.5 cm³/mol. The van der Waals surface area contributed by atoms with E-state index in [4.69, 9.17) is 0 Å². The standard InChI is InChI=1S/C8H19N3O3S/c1-7(2)8(12)9-5-6-10-15(13,14)11(3)4/h7,10H,5-6H2,1-4H3,(H,9,12). The fraction of sp³-hybridized carbons (Fsp3) is 0.875. The van der Waals surface area contributed by atoms with Crippen LogP contribution < -0.4 is 10.0 Å². The minimum Gasteiger partial charge on any atom is -0.355 e. The molecule has 0 radical (unpaired) electrons. The topological polar surface area (TPSA) is 78.5 Å². The SMILES string of the molecule is CC(C)C(=O)NCCNS(=O)(=O)N(C)C. The highest BCUT2D eigenvalue weighted by Crippen LogP contribution is 1.90. The van der Waals surface area contributed by atoms with Crippen molar-refractivity contribution >= 4 is 16.1 Å². The molecule has 0 saturated carbocycles. The summed E-state index contributed by atoms with van der Waals surface area (Å²) in [5.41, 5.74) is 0. The maximum Gasteiger partial charge on any atom is 0.278 e. The Kier molecular flexibility index (Phi) is 5.77. The third kappa shape index (κ3) is 5.71. The van der Waals surface area contributed by atoms with Gasteiger partial charge in [0.05, 0.1) is 0 Å². The summed E-state index contributed by atoms with van der Waals surface area (Å²) in [7, 11) is -0.505. The van der Waals surface area contributed by atoms with E-state index in [2.05, 4.69) is 10.0 Å². The molecule has 0 aromatic heterocycles. The Labute approximate surface area is 91.2 Å². The van der Waals surface area contributed by atoms with Gasteiger partial charge in [0.1, 0.15) is 0 Å². The van der Waals surface area contributed by atoms with Crippen molar-refractivity contribution in [3.63, 3.8) is 0 Å². The molecule has 0 unspecified atom stereocenters. The molecule has 6 nitrogen and oxygen atoms in total. The van der Waals surface area contributed by atoms with Gasteiger partial charge in [-0.3, -0.25) is 4.79 Å². The van der Waals surface area contributed by atoms with Gasteiger partial charge in [0.2, 0.25) is 5.91 Å². The van der Waals surface area contributed by atoms with Gasteiger partial charge >= 0.3 is 0 Å². The van der Waals surface area contributed by atoms with Gasteiger partial charge in [-0.1, -0.05) is 13.8 Å². The summed E-state index contributed by atoms with van der Waals surface area (Å²) < 4.78 is 25.8. The van der Waals surface area contributed by atoms with Crippen molar-refractivity contribution in [2.24, 2.45) is 5.92 Å². The summed E-state index contributed by atoms with van der Waals surface area (Å²) in [6.07, 6.45) is 0. The molecule has 0 spiro atoms. The van der Waals surface area contributed by atoms with Crippen LogP contribution in [0.5, 0.6) is 0 Å². The number of nitrogens with one attached hydrogen (secondary N) is 2. The molecule has 0 aliphatic heterocycles. The molecule has 0 aliphatic carbocycles. The van der Waals surface area contributed by atoms with Crippen LogP contribution in [0.1, 0.15) is 13.8 Å². The molecule has 0 aromatic carbocycles. The first-order valence-corrected chi connectivity index (χ1v) is 6.16. The van der Waals surface area contributed by atoms with Crippen molar-refractivity contribution in [1.82, 2.24) is 14.3 Å². The maximum absolute atomic E-state index is 11.2. The first-order chi connectivity index (χ1) is 6.77. The lowest BCUT2D eigenvalue weighted by Gasteiger charge is -2.13. The molecule has 15 heavy (non-hydrogen) atoms. The van der Waals surface area contributed by atoms with Crippen LogP contribution in [-0.2, 0) is 15.0 Å². The number of hydrogen-bond acceptors (Lipinski definition) is 3. The number of nitrogens with zero attached hydrogens (tertiary/aromatic N) is 1. The minimum absolute atomic E-state index is 0.0842. The van der Waals surface area contributed by atoms with Crippen molar-refractivity contribution in [1.29, 1.82) is 0 Å². The minimum atomic E-state index is -3.38. The van der Waals surface area contributed by atoms with Crippen LogP contribution in [0.25, 0.3) is 0 Å². The molecular formula is C8H19N3O3S. The van der Waals surface area contributed by atoms with E-state index in [0.29, 0.717) is 6.54 Å². The van der Waals surface area contributed by atoms with Crippen LogP contribution in [0, 0.1) is 5.92 Å². The second kappa shape index (κ2) is 6.04. The quantitative estimate of drug-likeness (QED) is 0.591. The Morgan fingerprint density at radius 2 is 1.80 bits per heavy atom. The van der Waals surface area contributed by atoms with E-state index >= 15 is 0 Å². The second-order valence-electron chi connectivity index (χ2n) is 3.63. The predicted octanol–water partition coefficient (Wildman–Crippen LogP) is -0.845. The molecule has 0 fully saturated rings. The molecule has 7 heteroatoms. The van der Waals surface area contributed by atoms with Gasteiger partial charge in [0.25, 0.3) is 10.2 Å². The Morgan fingerprint density at radius 3 is 2.20 bits per heavy atom. The van der Waals surface area contributed by atoms with Crippen molar-refractivity contribution in [2.45, 2.75) is 13.8 Å². The van der Waals surface area contributed by atoms with Gasteiger partial charge in [-0.15, -0.1) is 0 Å². The molecule has 0 atom stereocenters. The van der Waals surface area contributed by atoms with Gasteiger partial charge < -0.3 is 5.32 Å². The molecule has 0 bridgehead atoms. The van der Waals surface area contributed by atoms with Crippen LogP contribution in [-0.4, -0.2) is 45.8 Å². The van der Waals surface area contributed by atoms with Crippen molar-refractivity contribution in [3.05, 3.63) is 0 Å². The highest BCUT2D eigenvalue weighted by molar-refractivity contribution is 7.87. The lowest BCUT2D eigenvalue weighted by Crippen LogP contribution is -2.41. The number of rotatable bonds is 6. The number of carbonyl (C=O) groups excluding carboxylic acids is 1. The first-order valence-electron chi connectivity index (χ1n) is 4.72. The molecule has 1 amide bonds. The van der Waals surface area contributed by atoms with Gasteiger partial charge in [-0.25, -0.2) is 4.72 Å². The molecule has 0 rings (SSSR count). The van der Waals surface area contributed by atoms with Crippen LogP contribution >= 0.6 is 0 Å². The number of amides is 1. The zero-order valence-electron chi connectivity index (χ0n) is 9.57. The highest BCUT2D eigenvalue weighted by Gasteiger charge is 2.12. The molecule has 0 aromatic rings. The van der Waals surface area contributed by atoms with Crippen LogP contribution in [0.3, 0.4) is 0 Å². The van der Waals surface area contributed by atoms with Crippen LogP contribution in [0.15, 0.2) is 0 Å². The molecule has 0 heterocycles. The molecule has 90 valence electrons. The monoisotopic (exact) mass is 237 g/mol. The molecule has 0 aliphatic rings. The van der Waals surface area contributed by atoms with Crippen LogP contribution in [0.4, 0.5) is 0 Å². The Balaban J connectivity index is 3.78. The summed E-state index contributed by atoms with van der Waals surface area (Å²) in [6.45, 7) is 4.04. The lowest BCUT2D eigenvalue weighted by molar-refractivity contribution is -0.123. The van der Waals surface area contributed by atoms with Crippen LogP contribution in [0.2, 0.25) is 0 Å². The van der Waals surface area contributed by atoms with E-state index in [1.807, 2.05) is 0 Å². The summed E-state index contributed by atoms with van der Waals surface area (Å²) in [5.74, 6) is -0.172. The Hall–Kier alpha value is -0.660. The largest absolute Gasteiger partial charge is 0.355 e. The summed E-state index contributed by atoms with van der Waals surface area (Å²) in [6, 6.07) is 0. The Bertz CT molecular complexity index is 298. The zero-order chi connectivity index (χ0) is 12.1. The smallest absolute Gasteiger partial charge is 0.278 e. The lowest BCUT2D eigenvalue weighted by atomic mass is 10.2. The first kappa shape index (κ1) is 14.3. The average molecular weight is 237 g/mol. The summed E-state index contributed by atoms with van der Waals surface area (Å²) in [5, 5.41) is 2.61. The third-order valence-electron chi connectivity index (χ3n) is 1.71. The average Bonchev–Trinajstić information content (AvgIpc) is 2.11. The van der Waals surface area contributed by atoms with Gasteiger partial charge in [-0.2, -0.15) is 12.7 Å². The molecule has 0 saturated heterocycles. The van der Waals surface area contributed by atoms with Gasteiger partial charge in [0.15, 0.2) is 0 Å². The van der Waals surface area contributed by atoms with E-state index in [1.54, 1.807) is 13.8 Å². The normalized spacial score (nSPS) is 12.1. The van der Waals surface area contributed by atoms with E-state index in [0.717, 1.165) is 4.31 Å². The van der Waals surface area contributed by atoms with E-state index < -0.39 is 10.2 Å².